The van der Waals surface area contributed by atoms with E-state index in [1.54, 1.807) is 18.2 Å². The molecule has 0 saturated heterocycles. The molecule has 1 atom stereocenters. The summed E-state index contributed by atoms with van der Waals surface area (Å²) in [6.45, 7) is 4.17. The molecule has 0 spiro atoms. The van der Waals surface area contributed by atoms with E-state index in [1.807, 2.05) is 0 Å². The lowest BCUT2D eigenvalue weighted by Gasteiger charge is -2.08. The van der Waals surface area contributed by atoms with Crippen LogP contribution in [0.3, 0.4) is 0 Å². The molecule has 6 heteroatoms. The van der Waals surface area contributed by atoms with Crippen LogP contribution in [-0.2, 0) is 5.75 Å². The SMILES string of the molecule is CC(C)CC(N)c1nnc(SCc2ccccc2F)o1. The van der Waals surface area contributed by atoms with Gasteiger partial charge in [-0.3, -0.25) is 0 Å². The summed E-state index contributed by atoms with van der Waals surface area (Å²) in [7, 11) is 0. The Bertz CT molecular complexity index is 559. The van der Waals surface area contributed by atoms with E-state index >= 15 is 0 Å². The molecular weight excluding hydrogens is 277 g/mol. The first kappa shape index (κ1) is 15.0. The molecule has 0 fully saturated rings. The Labute approximate surface area is 122 Å². The van der Waals surface area contributed by atoms with Gasteiger partial charge in [0.15, 0.2) is 0 Å². The highest BCUT2D eigenvalue weighted by atomic mass is 32.2. The molecule has 2 aromatic rings. The zero-order chi connectivity index (χ0) is 14.5. The third-order valence-electron chi connectivity index (χ3n) is 2.77. The second-order valence-electron chi connectivity index (χ2n) is 5.02. The van der Waals surface area contributed by atoms with Gasteiger partial charge in [-0.2, -0.15) is 0 Å². The first-order chi connectivity index (χ1) is 9.56. The van der Waals surface area contributed by atoms with Crippen LogP contribution >= 0.6 is 11.8 Å². The van der Waals surface area contributed by atoms with Crippen LogP contribution in [0, 0.1) is 11.7 Å². The van der Waals surface area contributed by atoms with Crippen molar-refractivity contribution in [2.75, 3.05) is 0 Å². The predicted octanol–water partition coefficient (Wildman–Crippen LogP) is 3.55. The van der Waals surface area contributed by atoms with Crippen LogP contribution in [0.1, 0.15) is 37.8 Å². The van der Waals surface area contributed by atoms with Crippen molar-refractivity contribution in [2.45, 2.75) is 37.3 Å². The number of halogens is 1. The maximum absolute atomic E-state index is 13.5. The molecule has 1 unspecified atom stereocenters. The summed E-state index contributed by atoms with van der Waals surface area (Å²) in [5, 5.41) is 8.30. The molecule has 0 aliphatic rings. The second kappa shape index (κ2) is 6.85. The molecule has 1 aromatic carbocycles. The van der Waals surface area contributed by atoms with Crippen LogP contribution < -0.4 is 5.73 Å². The second-order valence-corrected chi connectivity index (χ2v) is 5.95. The standard InChI is InChI=1S/C14H18FN3OS/c1-9(2)7-12(16)13-17-18-14(19-13)20-8-10-5-3-4-6-11(10)15/h3-6,9,12H,7-8,16H2,1-2H3. The maximum Gasteiger partial charge on any atom is 0.276 e. The smallest absolute Gasteiger partial charge is 0.276 e. The molecule has 1 aromatic heterocycles. The van der Waals surface area contributed by atoms with Crippen molar-refractivity contribution in [2.24, 2.45) is 11.7 Å². The van der Waals surface area contributed by atoms with Crippen LogP contribution in [-0.4, -0.2) is 10.2 Å². The summed E-state index contributed by atoms with van der Waals surface area (Å²) >= 11 is 1.31. The highest BCUT2D eigenvalue weighted by Gasteiger charge is 2.16. The van der Waals surface area contributed by atoms with E-state index in [9.17, 15) is 4.39 Å². The van der Waals surface area contributed by atoms with Gasteiger partial charge in [0.25, 0.3) is 5.22 Å². The fourth-order valence-electron chi connectivity index (χ4n) is 1.79. The van der Waals surface area contributed by atoms with Gasteiger partial charge in [-0.25, -0.2) is 4.39 Å². The van der Waals surface area contributed by atoms with Crippen LogP contribution in [0.2, 0.25) is 0 Å². The van der Waals surface area contributed by atoms with Crippen LogP contribution in [0.15, 0.2) is 33.9 Å². The molecule has 0 amide bonds. The zero-order valence-electron chi connectivity index (χ0n) is 11.5. The highest BCUT2D eigenvalue weighted by molar-refractivity contribution is 7.98. The Balaban J connectivity index is 1.95. The third kappa shape index (κ3) is 4.05. The summed E-state index contributed by atoms with van der Waals surface area (Å²) in [4.78, 5) is 0. The number of nitrogens with two attached hydrogens (primary N) is 1. The normalized spacial score (nSPS) is 12.8. The van der Waals surface area contributed by atoms with Crippen LogP contribution in [0.5, 0.6) is 0 Å². The van der Waals surface area contributed by atoms with E-state index in [-0.39, 0.29) is 11.9 Å². The minimum absolute atomic E-state index is 0.226. The quantitative estimate of drug-likeness (QED) is 0.826. The van der Waals surface area contributed by atoms with Gasteiger partial charge >= 0.3 is 0 Å². The number of rotatable bonds is 6. The van der Waals surface area contributed by atoms with Gasteiger partial charge < -0.3 is 10.2 Å². The molecule has 0 saturated carbocycles. The van der Waals surface area contributed by atoms with E-state index < -0.39 is 0 Å². The minimum Gasteiger partial charge on any atom is -0.414 e. The van der Waals surface area contributed by atoms with E-state index in [1.165, 1.54) is 17.8 Å². The van der Waals surface area contributed by atoms with Gasteiger partial charge in [-0.05, 0) is 24.0 Å². The molecule has 4 nitrogen and oxygen atoms in total. The number of nitrogens with zero attached hydrogens (tertiary/aromatic N) is 2. The summed E-state index contributed by atoms with van der Waals surface area (Å²) < 4.78 is 19.0. The van der Waals surface area contributed by atoms with E-state index in [0.717, 1.165) is 6.42 Å². The average molecular weight is 295 g/mol. The molecule has 0 aliphatic heterocycles. The zero-order valence-corrected chi connectivity index (χ0v) is 12.4. The van der Waals surface area contributed by atoms with E-state index in [0.29, 0.717) is 28.3 Å². The lowest BCUT2D eigenvalue weighted by Crippen LogP contribution is -2.13. The van der Waals surface area contributed by atoms with Crippen molar-refractivity contribution in [3.05, 3.63) is 41.5 Å². The molecule has 1 heterocycles. The molecule has 2 N–H and O–H groups in total. The van der Waals surface area contributed by atoms with Crippen LogP contribution in [0.4, 0.5) is 4.39 Å². The Morgan fingerprint density at radius 3 is 2.75 bits per heavy atom. The van der Waals surface area contributed by atoms with Crippen molar-refractivity contribution in [3.8, 4) is 0 Å². The van der Waals surface area contributed by atoms with Gasteiger partial charge in [-0.15, -0.1) is 10.2 Å². The first-order valence-electron chi connectivity index (χ1n) is 6.51. The van der Waals surface area contributed by atoms with Crippen LogP contribution in [0.25, 0.3) is 0 Å². The molecule has 0 aliphatic carbocycles. The summed E-state index contributed by atoms with van der Waals surface area (Å²) in [5.41, 5.74) is 6.59. The summed E-state index contributed by atoms with van der Waals surface area (Å²) in [6.07, 6.45) is 0.791. The number of aromatic nitrogens is 2. The van der Waals surface area contributed by atoms with Crippen molar-refractivity contribution in [1.82, 2.24) is 10.2 Å². The Hall–Kier alpha value is -1.40. The minimum atomic E-state index is -0.245. The maximum atomic E-state index is 13.5. The fourth-order valence-corrected chi connectivity index (χ4v) is 2.55. The van der Waals surface area contributed by atoms with E-state index in [2.05, 4.69) is 24.0 Å². The lowest BCUT2D eigenvalue weighted by atomic mass is 10.1. The largest absolute Gasteiger partial charge is 0.414 e. The van der Waals surface area contributed by atoms with Gasteiger partial charge in [0.05, 0.1) is 6.04 Å². The predicted molar refractivity (Wildman–Crippen MR) is 76.6 cm³/mol. The Morgan fingerprint density at radius 2 is 2.05 bits per heavy atom. The monoisotopic (exact) mass is 295 g/mol. The molecule has 0 radical (unpaired) electrons. The van der Waals surface area contributed by atoms with Crippen molar-refractivity contribution in [3.63, 3.8) is 0 Å². The van der Waals surface area contributed by atoms with Gasteiger partial charge in [0, 0.05) is 5.75 Å². The topological polar surface area (TPSA) is 64.9 Å². The average Bonchev–Trinajstić information content (AvgIpc) is 2.86. The Morgan fingerprint density at radius 1 is 1.30 bits per heavy atom. The number of hydrogen-bond donors (Lipinski definition) is 1. The lowest BCUT2D eigenvalue weighted by molar-refractivity contribution is 0.361. The molecular formula is C14H18FN3OS. The molecule has 108 valence electrons. The Kier molecular flexibility index (Phi) is 5.14. The van der Waals surface area contributed by atoms with Gasteiger partial charge in [0.1, 0.15) is 5.82 Å². The number of thioether (sulfide) groups is 1. The van der Waals surface area contributed by atoms with Crippen molar-refractivity contribution < 1.29 is 8.81 Å². The molecule has 20 heavy (non-hydrogen) atoms. The first-order valence-corrected chi connectivity index (χ1v) is 7.50. The number of hydrogen-bond acceptors (Lipinski definition) is 5. The van der Waals surface area contributed by atoms with E-state index in [4.69, 9.17) is 10.2 Å². The molecule has 2 rings (SSSR count). The van der Waals surface area contributed by atoms with Gasteiger partial charge in [-0.1, -0.05) is 43.8 Å². The summed E-state index contributed by atoms with van der Waals surface area (Å²) in [6, 6.07) is 6.40. The van der Waals surface area contributed by atoms with Crippen molar-refractivity contribution in [1.29, 1.82) is 0 Å². The van der Waals surface area contributed by atoms with Gasteiger partial charge in [0.2, 0.25) is 5.89 Å². The highest BCUT2D eigenvalue weighted by Crippen LogP contribution is 2.25. The molecule has 0 bridgehead atoms. The number of benzene rings is 1. The van der Waals surface area contributed by atoms with Crippen molar-refractivity contribution >= 4 is 11.8 Å². The third-order valence-corrected chi connectivity index (χ3v) is 3.64. The fraction of sp³-hybridized carbons (Fsp3) is 0.429. The summed E-state index contributed by atoms with van der Waals surface area (Å²) in [5.74, 6) is 1.13.